The number of carbonyl (C=O) groups excluding carboxylic acids is 2. The van der Waals surface area contributed by atoms with Crippen molar-refractivity contribution in [1.29, 1.82) is 0 Å². The molecule has 0 spiro atoms. The zero-order valence-electron chi connectivity index (χ0n) is 17.4. The third kappa shape index (κ3) is 5.93. The van der Waals surface area contributed by atoms with E-state index >= 15 is 0 Å². The van der Waals surface area contributed by atoms with E-state index in [4.69, 9.17) is 27.9 Å². The molecular weight excluding hydrogens is 473 g/mol. The summed E-state index contributed by atoms with van der Waals surface area (Å²) in [7, 11) is 1.55. The highest BCUT2D eigenvalue weighted by atomic mass is 35.5. The Hall–Kier alpha value is -2.75. The second-order valence-corrected chi connectivity index (χ2v) is 8.38. The fourth-order valence-corrected chi connectivity index (χ4v) is 3.91. The highest BCUT2D eigenvalue weighted by molar-refractivity contribution is 7.99. The number of methoxy groups -OCH3 is 1. The topological polar surface area (TPSA) is 98.1 Å². The number of nitrogens with one attached hydrogen (secondary N) is 2. The number of carbonyl (C=O) groups is 2. The van der Waals surface area contributed by atoms with Crippen LogP contribution in [-0.2, 0) is 4.79 Å². The van der Waals surface area contributed by atoms with Crippen LogP contribution in [0.1, 0.15) is 13.3 Å². The highest BCUT2D eigenvalue weighted by Crippen LogP contribution is 2.34. The van der Waals surface area contributed by atoms with Gasteiger partial charge in [-0.2, -0.15) is 0 Å². The Kier molecular flexibility index (Phi) is 8.38. The van der Waals surface area contributed by atoms with E-state index in [1.807, 2.05) is 13.0 Å². The molecule has 0 saturated carbocycles. The monoisotopic (exact) mass is 493 g/mol. The van der Waals surface area contributed by atoms with Crippen molar-refractivity contribution in [3.63, 3.8) is 0 Å². The molecule has 0 atom stereocenters. The number of hydrogen-bond acceptors (Lipinski definition) is 6. The lowest BCUT2D eigenvalue weighted by Gasteiger charge is -2.14. The summed E-state index contributed by atoms with van der Waals surface area (Å²) in [6.45, 7) is 2.41. The Morgan fingerprint density at radius 1 is 1.12 bits per heavy atom. The van der Waals surface area contributed by atoms with Crippen molar-refractivity contribution in [3.05, 3.63) is 52.5 Å². The standard InChI is InChI=1S/C21H21Cl2N5O3S/c1-3-9-24-20(30)25-18(29)12-32-21-27-26-19(13-5-4-6-14(22)10-13)28(21)16-11-15(23)7-8-17(16)31-2/h4-8,10-11H,3,9,12H2,1-2H3,(H2,24,25,29,30). The first-order valence-corrected chi connectivity index (χ1v) is 11.4. The van der Waals surface area contributed by atoms with Crippen LogP contribution in [0.15, 0.2) is 47.6 Å². The Morgan fingerprint density at radius 2 is 1.91 bits per heavy atom. The molecule has 32 heavy (non-hydrogen) atoms. The number of imide groups is 1. The lowest BCUT2D eigenvalue weighted by atomic mass is 10.2. The largest absolute Gasteiger partial charge is 0.495 e. The fraction of sp³-hybridized carbons (Fsp3) is 0.238. The highest BCUT2D eigenvalue weighted by Gasteiger charge is 2.21. The lowest BCUT2D eigenvalue weighted by Crippen LogP contribution is -2.40. The average molecular weight is 494 g/mol. The molecule has 3 amide bonds. The van der Waals surface area contributed by atoms with Gasteiger partial charge in [-0.3, -0.25) is 14.7 Å². The molecule has 0 fully saturated rings. The predicted octanol–water partition coefficient (Wildman–Crippen LogP) is 4.58. The molecule has 0 radical (unpaired) electrons. The maximum Gasteiger partial charge on any atom is 0.321 e. The van der Waals surface area contributed by atoms with Gasteiger partial charge < -0.3 is 10.1 Å². The quantitative estimate of drug-likeness (QED) is 0.445. The SMILES string of the molecule is CCCNC(=O)NC(=O)CSc1nnc(-c2cccc(Cl)c2)n1-c1cc(Cl)ccc1OC. The molecule has 0 aliphatic heterocycles. The minimum atomic E-state index is -0.532. The van der Waals surface area contributed by atoms with Crippen molar-refractivity contribution in [1.82, 2.24) is 25.4 Å². The predicted molar refractivity (Wildman–Crippen MR) is 126 cm³/mol. The van der Waals surface area contributed by atoms with Crippen molar-refractivity contribution in [3.8, 4) is 22.8 Å². The summed E-state index contributed by atoms with van der Waals surface area (Å²) >= 11 is 13.5. The number of urea groups is 1. The minimum absolute atomic E-state index is 0.0455. The van der Waals surface area contributed by atoms with Gasteiger partial charge in [0.1, 0.15) is 5.75 Å². The van der Waals surface area contributed by atoms with Crippen molar-refractivity contribution in [2.45, 2.75) is 18.5 Å². The fourth-order valence-electron chi connectivity index (χ4n) is 2.81. The Morgan fingerprint density at radius 3 is 2.62 bits per heavy atom. The number of benzene rings is 2. The van der Waals surface area contributed by atoms with E-state index in [-0.39, 0.29) is 5.75 Å². The number of thioether (sulfide) groups is 1. The van der Waals surface area contributed by atoms with Crippen LogP contribution in [-0.4, -0.2) is 46.1 Å². The van der Waals surface area contributed by atoms with Gasteiger partial charge in [0.25, 0.3) is 0 Å². The molecule has 2 aromatic carbocycles. The number of aromatic nitrogens is 3. The number of nitrogens with zero attached hydrogens (tertiary/aromatic N) is 3. The third-order valence-electron chi connectivity index (χ3n) is 4.22. The van der Waals surface area contributed by atoms with Gasteiger partial charge in [0, 0.05) is 22.2 Å². The van der Waals surface area contributed by atoms with E-state index in [0.29, 0.717) is 39.0 Å². The molecule has 0 unspecified atom stereocenters. The van der Waals surface area contributed by atoms with Gasteiger partial charge in [0.05, 0.1) is 18.6 Å². The van der Waals surface area contributed by atoms with E-state index in [2.05, 4.69) is 20.8 Å². The van der Waals surface area contributed by atoms with Gasteiger partial charge in [-0.15, -0.1) is 10.2 Å². The first-order valence-electron chi connectivity index (χ1n) is 9.68. The number of rotatable bonds is 8. The zero-order valence-corrected chi connectivity index (χ0v) is 19.7. The maximum atomic E-state index is 12.2. The van der Waals surface area contributed by atoms with Gasteiger partial charge >= 0.3 is 6.03 Å². The molecule has 1 aromatic heterocycles. The molecule has 3 rings (SSSR count). The number of hydrogen-bond donors (Lipinski definition) is 2. The van der Waals surface area contributed by atoms with Crippen LogP contribution in [0, 0.1) is 0 Å². The van der Waals surface area contributed by atoms with Crippen LogP contribution in [0.3, 0.4) is 0 Å². The molecule has 3 aromatic rings. The second kappa shape index (κ2) is 11.2. The van der Waals surface area contributed by atoms with Crippen LogP contribution in [0.25, 0.3) is 17.1 Å². The summed E-state index contributed by atoms with van der Waals surface area (Å²) in [6.07, 6.45) is 0.771. The van der Waals surface area contributed by atoms with E-state index in [0.717, 1.165) is 23.7 Å². The number of amides is 3. The maximum absolute atomic E-state index is 12.2. The molecule has 168 valence electrons. The number of halogens is 2. The molecule has 0 saturated heterocycles. The van der Waals surface area contributed by atoms with Crippen molar-refractivity contribution in [2.24, 2.45) is 0 Å². The second-order valence-electron chi connectivity index (χ2n) is 6.56. The lowest BCUT2D eigenvalue weighted by molar-refractivity contribution is -0.117. The molecule has 2 N–H and O–H groups in total. The summed E-state index contributed by atoms with van der Waals surface area (Å²) in [5, 5.41) is 14.9. The van der Waals surface area contributed by atoms with Gasteiger partial charge in [-0.1, -0.05) is 54.0 Å². The van der Waals surface area contributed by atoms with E-state index in [1.165, 1.54) is 0 Å². The van der Waals surface area contributed by atoms with Crippen molar-refractivity contribution in [2.75, 3.05) is 19.4 Å². The van der Waals surface area contributed by atoms with Crippen LogP contribution in [0.5, 0.6) is 5.75 Å². The van der Waals surface area contributed by atoms with Gasteiger partial charge in [-0.05, 0) is 36.8 Å². The van der Waals surface area contributed by atoms with Crippen LogP contribution in [0.4, 0.5) is 4.79 Å². The van der Waals surface area contributed by atoms with Gasteiger partial charge in [-0.25, -0.2) is 4.79 Å². The van der Waals surface area contributed by atoms with E-state index < -0.39 is 11.9 Å². The van der Waals surface area contributed by atoms with Gasteiger partial charge in [0.2, 0.25) is 5.91 Å². The first kappa shape index (κ1) is 23.9. The summed E-state index contributed by atoms with van der Waals surface area (Å²) in [5.41, 5.74) is 1.32. The average Bonchev–Trinajstić information content (AvgIpc) is 3.20. The molecule has 1 heterocycles. The van der Waals surface area contributed by atoms with Crippen LogP contribution < -0.4 is 15.4 Å². The zero-order chi connectivity index (χ0) is 23.1. The normalized spacial score (nSPS) is 10.6. The minimum Gasteiger partial charge on any atom is -0.495 e. The summed E-state index contributed by atoms with van der Waals surface area (Å²) in [5.74, 6) is 0.538. The molecule has 11 heteroatoms. The van der Waals surface area contributed by atoms with Crippen molar-refractivity contribution < 1.29 is 14.3 Å². The van der Waals surface area contributed by atoms with Crippen molar-refractivity contribution >= 4 is 46.9 Å². The number of ether oxygens (including phenoxy) is 1. The van der Waals surface area contributed by atoms with Gasteiger partial charge in [0.15, 0.2) is 11.0 Å². The Labute approximate surface area is 199 Å². The molecule has 0 bridgehead atoms. The smallest absolute Gasteiger partial charge is 0.321 e. The molecule has 0 aliphatic rings. The first-order chi connectivity index (χ1) is 15.4. The van der Waals surface area contributed by atoms with Crippen LogP contribution >= 0.6 is 35.0 Å². The summed E-state index contributed by atoms with van der Waals surface area (Å²) in [4.78, 5) is 23.9. The molecule has 8 nitrogen and oxygen atoms in total. The summed E-state index contributed by atoms with van der Waals surface area (Å²) < 4.78 is 7.25. The molecule has 0 aliphatic carbocycles. The third-order valence-corrected chi connectivity index (χ3v) is 5.62. The molecular formula is C21H21Cl2N5O3S. The van der Waals surface area contributed by atoms with E-state index in [1.54, 1.807) is 48.1 Å². The van der Waals surface area contributed by atoms with E-state index in [9.17, 15) is 9.59 Å². The Balaban J connectivity index is 1.95. The summed E-state index contributed by atoms with van der Waals surface area (Å²) in [6, 6.07) is 11.8. The van der Waals surface area contributed by atoms with Crippen LogP contribution in [0.2, 0.25) is 10.0 Å². The Bertz CT molecular complexity index is 1120.